The summed E-state index contributed by atoms with van der Waals surface area (Å²) in [7, 11) is -9.91. The summed E-state index contributed by atoms with van der Waals surface area (Å²) >= 11 is 0. The minimum absolute atomic E-state index is 0.108. The Kier molecular flexibility index (Phi) is 74.8. The fraction of sp³-hybridized carbons (Fsp3) is 0.951. The van der Waals surface area contributed by atoms with Crippen molar-refractivity contribution in [3.63, 3.8) is 0 Å². The van der Waals surface area contributed by atoms with Gasteiger partial charge in [0.25, 0.3) is 0 Å². The van der Waals surface area contributed by atoms with Gasteiger partial charge in [-0.25, -0.2) is 9.13 Å². The first-order valence-electron chi connectivity index (χ1n) is 42.8. The number of esters is 4. The van der Waals surface area contributed by atoms with E-state index in [0.717, 1.165) is 89.9 Å². The van der Waals surface area contributed by atoms with Gasteiger partial charge in [0.2, 0.25) is 0 Å². The van der Waals surface area contributed by atoms with Gasteiger partial charge in [0.15, 0.2) is 12.2 Å². The number of carbonyl (C=O) groups is 4. The van der Waals surface area contributed by atoms with Crippen LogP contribution in [0, 0.1) is 0 Å². The molecule has 0 saturated heterocycles. The number of hydrogen-bond donors (Lipinski definition) is 3. The summed E-state index contributed by atoms with van der Waals surface area (Å²) < 4.78 is 68.7. The molecule has 0 aliphatic rings. The number of carbonyl (C=O) groups excluding carboxylic acids is 4. The van der Waals surface area contributed by atoms with Crippen molar-refractivity contribution < 1.29 is 80.2 Å². The third kappa shape index (κ3) is 76.1. The topological polar surface area (TPSA) is 237 Å². The molecule has 17 nitrogen and oxygen atoms in total. The van der Waals surface area contributed by atoms with Crippen molar-refractivity contribution in [3.05, 3.63) is 0 Å². The van der Waals surface area contributed by atoms with Gasteiger partial charge in [-0.1, -0.05) is 394 Å². The fourth-order valence-electron chi connectivity index (χ4n) is 12.8. The normalized spacial score (nSPS) is 13.8. The zero-order chi connectivity index (χ0) is 73.9. The maximum atomic E-state index is 13.1. The molecule has 0 aliphatic carbocycles. The molecule has 600 valence electrons. The van der Waals surface area contributed by atoms with Crippen LogP contribution in [0.25, 0.3) is 0 Å². The van der Waals surface area contributed by atoms with E-state index in [1.54, 1.807) is 0 Å². The molecule has 0 saturated carbocycles. The largest absolute Gasteiger partial charge is 0.472 e. The Morgan fingerprint density at radius 1 is 0.238 bits per heavy atom. The van der Waals surface area contributed by atoms with Gasteiger partial charge in [-0.2, -0.15) is 0 Å². The van der Waals surface area contributed by atoms with Gasteiger partial charge in [-0.3, -0.25) is 37.3 Å². The second kappa shape index (κ2) is 76.3. The molecule has 0 aromatic rings. The maximum absolute atomic E-state index is 13.1. The quantitative estimate of drug-likeness (QED) is 0.0222. The van der Waals surface area contributed by atoms with E-state index in [-0.39, 0.29) is 25.7 Å². The zero-order valence-electron chi connectivity index (χ0n) is 65.9. The number of unbranched alkanes of at least 4 members (excludes halogenated alkanes) is 57. The average molecular weight is 1480 g/mol. The lowest BCUT2D eigenvalue weighted by Gasteiger charge is -2.21. The number of aliphatic hydroxyl groups excluding tert-OH is 1. The summed E-state index contributed by atoms with van der Waals surface area (Å²) in [6.45, 7) is 5.01. The van der Waals surface area contributed by atoms with Gasteiger partial charge in [0.1, 0.15) is 19.3 Å². The number of aliphatic hydroxyl groups is 1. The highest BCUT2D eigenvalue weighted by Crippen LogP contribution is 2.45. The number of phosphoric acid groups is 2. The summed E-state index contributed by atoms with van der Waals surface area (Å²) in [5.41, 5.74) is 0. The zero-order valence-corrected chi connectivity index (χ0v) is 67.7. The number of phosphoric ester groups is 2. The van der Waals surface area contributed by atoms with Crippen LogP contribution in [0.1, 0.15) is 445 Å². The number of rotatable bonds is 83. The summed E-state index contributed by atoms with van der Waals surface area (Å²) in [5, 5.41) is 10.6. The lowest BCUT2D eigenvalue weighted by molar-refractivity contribution is -0.161. The van der Waals surface area contributed by atoms with Gasteiger partial charge in [0.05, 0.1) is 26.4 Å². The molecule has 3 N–H and O–H groups in total. The predicted molar refractivity (Wildman–Crippen MR) is 414 cm³/mol. The van der Waals surface area contributed by atoms with Crippen LogP contribution in [0.15, 0.2) is 0 Å². The summed E-state index contributed by atoms with van der Waals surface area (Å²) in [5.74, 6) is -2.11. The molecule has 0 fully saturated rings. The Bertz CT molecular complexity index is 1910. The van der Waals surface area contributed by atoms with Crippen molar-refractivity contribution in [2.75, 3.05) is 39.6 Å². The summed E-state index contributed by atoms with van der Waals surface area (Å²) in [4.78, 5) is 73.0. The minimum Gasteiger partial charge on any atom is -0.462 e. The van der Waals surface area contributed by atoms with E-state index in [0.29, 0.717) is 25.7 Å². The van der Waals surface area contributed by atoms with E-state index in [1.807, 2.05) is 0 Å². The van der Waals surface area contributed by atoms with Gasteiger partial charge in [-0.05, 0) is 25.7 Å². The second-order valence-corrected chi connectivity index (χ2v) is 32.4. The van der Waals surface area contributed by atoms with Crippen LogP contribution < -0.4 is 0 Å². The van der Waals surface area contributed by atoms with Crippen LogP contribution in [0.4, 0.5) is 0 Å². The van der Waals surface area contributed by atoms with E-state index in [2.05, 4.69) is 27.7 Å². The van der Waals surface area contributed by atoms with Crippen LogP contribution in [0.5, 0.6) is 0 Å². The Balaban J connectivity index is 5.19. The molecular formula is C82H160O17P2. The van der Waals surface area contributed by atoms with E-state index >= 15 is 0 Å². The second-order valence-electron chi connectivity index (χ2n) is 29.5. The predicted octanol–water partition coefficient (Wildman–Crippen LogP) is 25.0. The Hall–Kier alpha value is -1.94. The van der Waals surface area contributed by atoms with Crippen LogP contribution in [0.3, 0.4) is 0 Å². The first kappa shape index (κ1) is 99.1. The van der Waals surface area contributed by atoms with Crippen molar-refractivity contribution in [3.8, 4) is 0 Å². The average Bonchev–Trinajstić information content (AvgIpc) is 0.966. The standard InChI is InChI=1S/C82H160O17P2/c1-5-9-13-17-21-25-28-31-33-35-37-38-40-42-44-46-49-53-57-61-65-69-82(87)99-78(73-93-80(85)67-63-59-55-51-48-45-43-41-39-36-34-32-29-26-22-18-14-10-6-2)75-97-101(90,91)95-71-76(83)70-94-100(88,89)96-74-77(72-92-79(84)66-62-58-54-50-24-20-16-12-8-4)98-81(86)68-64-60-56-52-47-30-27-23-19-15-11-7-3/h76-78,83H,5-75H2,1-4H3,(H,88,89)(H,90,91)/t76-,77+,78+/m0/s1. The third-order valence-electron chi connectivity index (χ3n) is 19.4. The third-order valence-corrected chi connectivity index (χ3v) is 21.3. The van der Waals surface area contributed by atoms with Crippen molar-refractivity contribution in [2.24, 2.45) is 0 Å². The van der Waals surface area contributed by atoms with E-state index in [9.17, 15) is 43.2 Å². The lowest BCUT2D eigenvalue weighted by Crippen LogP contribution is -2.30. The van der Waals surface area contributed by atoms with Gasteiger partial charge in [-0.15, -0.1) is 0 Å². The highest BCUT2D eigenvalue weighted by atomic mass is 31.2. The minimum atomic E-state index is -4.96. The Labute approximate surface area is 619 Å². The molecule has 0 heterocycles. The van der Waals surface area contributed by atoms with Crippen molar-refractivity contribution in [2.45, 2.75) is 463 Å². The summed E-state index contributed by atoms with van der Waals surface area (Å²) in [6, 6.07) is 0. The SMILES string of the molecule is CCCCCCCCCCCCCCCCCCCCCCCC(=O)O[C@H](COC(=O)CCCCCCCCCCCCCCCCCCCCC)COP(=O)(O)OC[C@@H](O)COP(=O)(O)OC[C@@H](COC(=O)CCCCCCCCCCC)OC(=O)CCCCCCCCCCCCCC. The molecule has 2 unspecified atom stereocenters. The van der Waals surface area contributed by atoms with Crippen LogP contribution >= 0.6 is 15.6 Å². The van der Waals surface area contributed by atoms with Crippen molar-refractivity contribution >= 4 is 39.5 Å². The molecule has 0 aromatic heterocycles. The Morgan fingerprint density at radius 3 is 0.584 bits per heavy atom. The molecule has 0 amide bonds. The highest BCUT2D eigenvalue weighted by Gasteiger charge is 2.30. The van der Waals surface area contributed by atoms with Crippen LogP contribution in [0.2, 0.25) is 0 Å². The lowest BCUT2D eigenvalue weighted by atomic mass is 10.0. The molecular weight excluding hydrogens is 1320 g/mol. The molecule has 101 heavy (non-hydrogen) atoms. The molecule has 0 aromatic carbocycles. The number of ether oxygens (including phenoxy) is 4. The number of hydrogen-bond acceptors (Lipinski definition) is 15. The smallest absolute Gasteiger partial charge is 0.462 e. The molecule has 0 aliphatic heterocycles. The highest BCUT2D eigenvalue weighted by molar-refractivity contribution is 7.47. The van der Waals surface area contributed by atoms with Crippen molar-refractivity contribution in [1.82, 2.24) is 0 Å². The van der Waals surface area contributed by atoms with Gasteiger partial charge >= 0.3 is 39.5 Å². The molecule has 19 heteroatoms. The first-order chi connectivity index (χ1) is 49.2. The molecule has 0 bridgehead atoms. The van der Waals surface area contributed by atoms with Crippen LogP contribution in [-0.2, 0) is 65.4 Å². The fourth-order valence-corrected chi connectivity index (χ4v) is 14.4. The van der Waals surface area contributed by atoms with E-state index < -0.39 is 97.5 Å². The molecule has 5 atom stereocenters. The monoisotopic (exact) mass is 1480 g/mol. The van der Waals surface area contributed by atoms with Crippen LogP contribution in [-0.4, -0.2) is 96.7 Å². The molecule has 0 radical (unpaired) electrons. The Morgan fingerprint density at radius 2 is 0.396 bits per heavy atom. The maximum Gasteiger partial charge on any atom is 0.472 e. The summed E-state index contributed by atoms with van der Waals surface area (Å²) in [6.07, 6.45) is 69.5. The van der Waals surface area contributed by atoms with E-state index in [1.165, 1.54) is 276 Å². The first-order valence-corrected chi connectivity index (χ1v) is 45.8. The van der Waals surface area contributed by atoms with Gasteiger partial charge in [0, 0.05) is 25.7 Å². The van der Waals surface area contributed by atoms with E-state index in [4.69, 9.17) is 37.0 Å². The van der Waals surface area contributed by atoms with Crippen molar-refractivity contribution in [1.29, 1.82) is 0 Å². The molecule has 0 rings (SSSR count). The van der Waals surface area contributed by atoms with Gasteiger partial charge < -0.3 is 33.8 Å². The molecule has 0 spiro atoms.